The van der Waals surface area contributed by atoms with E-state index in [4.69, 9.17) is 11.6 Å². The summed E-state index contributed by atoms with van der Waals surface area (Å²) in [6.45, 7) is 0. The smallest absolute Gasteiger partial charge is 0.418 e. The van der Waals surface area contributed by atoms with E-state index in [1.54, 1.807) is 0 Å². The number of halogens is 5. The molecule has 0 aromatic heterocycles. The molecule has 0 atom stereocenters. The first-order chi connectivity index (χ1) is 10.2. The predicted octanol–water partition coefficient (Wildman–Crippen LogP) is 4.46. The van der Waals surface area contributed by atoms with E-state index in [1.165, 1.54) is 12.1 Å². The maximum absolute atomic E-state index is 13.1. The van der Waals surface area contributed by atoms with Crippen molar-refractivity contribution in [2.75, 3.05) is 5.32 Å². The predicted molar refractivity (Wildman–Crippen MR) is 72.5 cm³/mol. The van der Waals surface area contributed by atoms with Gasteiger partial charge in [-0.05, 0) is 18.2 Å². The van der Waals surface area contributed by atoms with Crippen LogP contribution >= 0.6 is 11.6 Å². The first-order valence-corrected chi connectivity index (χ1v) is 6.23. The van der Waals surface area contributed by atoms with Gasteiger partial charge in [-0.2, -0.15) is 13.2 Å². The van der Waals surface area contributed by atoms with Crippen LogP contribution in [0.3, 0.4) is 0 Å². The second-order valence-electron chi connectivity index (χ2n) is 4.28. The number of para-hydroxylation sites is 1. The Kier molecular flexibility index (Phi) is 4.27. The van der Waals surface area contributed by atoms with Crippen molar-refractivity contribution in [3.63, 3.8) is 0 Å². The number of carbonyl (C=O) groups excluding carboxylic acids is 1. The van der Waals surface area contributed by atoms with Crippen LogP contribution in [0.25, 0.3) is 0 Å². The maximum Gasteiger partial charge on any atom is 0.418 e. The Morgan fingerprint density at radius 3 is 2.45 bits per heavy atom. The lowest BCUT2D eigenvalue weighted by molar-refractivity contribution is -0.136. The molecule has 2 rings (SSSR count). The van der Waals surface area contributed by atoms with E-state index in [-0.39, 0.29) is 0 Å². The minimum Gasteiger partial charge on any atom is -0.507 e. The summed E-state index contributed by atoms with van der Waals surface area (Å²) in [6.07, 6.45) is -4.66. The van der Waals surface area contributed by atoms with Gasteiger partial charge in [0.15, 0.2) is 0 Å². The van der Waals surface area contributed by atoms with E-state index < -0.39 is 45.5 Å². The molecule has 2 aromatic carbocycles. The lowest BCUT2D eigenvalue weighted by Crippen LogP contribution is -2.16. The third-order valence-electron chi connectivity index (χ3n) is 2.76. The van der Waals surface area contributed by atoms with Crippen LogP contribution in [0, 0.1) is 5.82 Å². The molecule has 0 aliphatic heterocycles. The molecule has 0 aliphatic rings. The highest BCUT2D eigenvalue weighted by molar-refractivity contribution is 6.31. The minimum absolute atomic E-state index is 0.438. The van der Waals surface area contributed by atoms with Crippen molar-refractivity contribution in [2.45, 2.75) is 6.18 Å². The Hall–Kier alpha value is -2.28. The molecule has 3 nitrogen and oxygen atoms in total. The summed E-state index contributed by atoms with van der Waals surface area (Å²) in [6, 6.07) is 5.77. The molecule has 0 aliphatic carbocycles. The Balaban J connectivity index is 2.37. The quantitative estimate of drug-likeness (QED) is 0.797. The van der Waals surface area contributed by atoms with E-state index in [1.807, 2.05) is 5.32 Å². The minimum atomic E-state index is -4.66. The van der Waals surface area contributed by atoms with E-state index >= 15 is 0 Å². The van der Waals surface area contributed by atoms with Gasteiger partial charge in [0.05, 0.1) is 21.8 Å². The van der Waals surface area contributed by atoms with Gasteiger partial charge in [-0.3, -0.25) is 4.79 Å². The zero-order valence-electron chi connectivity index (χ0n) is 10.7. The SMILES string of the molecule is O=C(Nc1ccccc1C(F)(F)F)c1cc(Cl)c(F)cc1O. The molecular formula is C14H8ClF4NO2. The summed E-state index contributed by atoms with van der Waals surface area (Å²) < 4.78 is 51.6. The highest BCUT2D eigenvalue weighted by Crippen LogP contribution is 2.35. The highest BCUT2D eigenvalue weighted by Gasteiger charge is 2.33. The topological polar surface area (TPSA) is 49.3 Å². The Bertz CT molecular complexity index is 731. The van der Waals surface area contributed by atoms with Crippen LogP contribution in [0.1, 0.15) is 15.9 Å². The van der Waals surface area contributed by atoms with Gasteiger partial charge in [-0.1, -0.05) is 23.7 Å². The second kappa shape index (κ2) is 5.84. The van der Waals surface area contributed by atoms with Crippen LogP contribution < -0.4 is 5.32 Å². The average Bonchev–Trinajstić information content (AvgIpc) is 2.42. The molecule has 0 radical (unpaired) electrons. The second-order valence-corrected chi connectivity index (χ2v) is 4.69. The van der Waals surface area contributed by atoms with Crippen molar-refractivity contribution in [2.24, 2.45) is 0 Å². The van der Waals surface area contributed by atoms with Gasteiger partial charge in [-0.15, -0.1) is 0 Å². The van der Waals surface area contributed by atoms with Crippen LogP contribution in [-0.4, -0.2) is 11.0 Å². The number of phenols is 1. The number of anilines is 1. The number of hydrogen-bond acceptors (Lipinski definition) is 2. The number of benzene rings is 2. The molecule has 8 heteroatoms. The molecule has 116 valence electrons. The van der Waals surface area contributed by atoms with Crippen molar-refractivity contribution in [3.8, 4) is 5.75 Å². The Morgan fingerprint density at radius 1 is 1.18 bits per heavy atom. The summed E-state index contributed by atoms with van der Waals surface area (Å²) in [4.78, 5) is 12.0. The lowest BCUT2D eigenvalue weighted by atomic mass is 10.1. The van der Waals surface area contributed by atoms with Gasteiger partial charge in [0.25, 0.3) is 5.91 Å². The molecule has 1 amide bonds. The summed E-state index contributed by atoms with van der Waals surface area (Å²) >= 11 is 5.49. The zero-order valence-corrected chi connectivity index (χ0v) is 11.5. The zero-order chi connectivity index (χ0) is 16.5. The first-order valence-electron chi connectivity index (χ1n) is 5.85. The number of alkyl halides is 3. The molecule has 0 bridgehead atoms. The fourth-order valence-corrected chi connectivity index (χ4v) is 1.91. The molecule has 0 heterocycles. The molecule has 0 unspecified atom stereocenters. The summed E-state index contributed by atoms with van der Waals surface area (Å²) in [5.41, 5.74) is -1.97. The fraction of sp³-hybridized carbons (Fsp3) is 0.0714. The molecule has 2 N–H and O–H groups in total. The number of carbonyl (C=O) groups is 1. The number of rotatable bonds is 2. The molecule has 0 fully saturated rings. The van der Waals surface area contributed by atoms with E-state index in [0.717, 1.165) is 18.2 Å². The monoisotopic (exact) mass is 333 g/mol. The largest absolute Gasteiger partial charge is 0.507 e. The van der Waals surface area contributed by atoms with Crippen molar-refractivity contribution >= 4 is 23.2 Å². The normalized spacial score (nSPS) is 11.3. The molecule has 0 spiro atoms. The van der Waals surface area contributed by atoms with Gasteiger partial charge in [0, 0.05) is 6.07 Å². The van der Waals surface area contributed by atoms with Crippen LogP contribution in [0.15, 0.2) is 36.4 Å². The van der Waals surface area contributed by atoms with Crippen molar-refractivity contribution in [1.82, 2.24) is 0 Å². The van der Waals surface area contributed by atoms with E-state index in [0.29, 0.717) is 6.07 Å². The number of aromatic hydroxyl groups is 1. The number of nitrogens with one attached hydrogen (secondary N) is 1. The van der Waals surface area contributed by atoms with Crippen LogP contribution in [-0.2, 0) is 6.18 Å². The molecule has 22 heavy (non-hydrogen) atoms. The van der Waals surface area contributed by atoms with Crippen molar-refractivity contribution < 1.29 is 27.5 Å². The van der Waals surface area contributed by atoms with Crippen LogP contribution in [0.4, 0.5) is 23.2 Å². The standard InChI is InChI=1S/C14H8ClF4NO2/c15-9-5-7(12(21)6-10(9)16)13(22)20-11-4-2-1-3-8(11)14(17,18)19/h1-6,21H,(H,20,22). The van der Waals surface area contributed by atoms with Crippen LogP contribution in [0.2, 0.25) is 5.02 Å². The fourth-order valence-electron chi connectivity index (χ4n) is 1.75. The van der Waals surface area contributed by atoms with E-state index in [2.05, 4.69) is 0 Å². The van der Waals surface area contributed by atoms with Gasteiger partial charge < -0.3 is 10.4 Å². The summed E-state index contributed by atoms with van der Waals surface area (Å²) in [5, 5.41) is 11.1. The van der Waals surface area contributed by atoms with Crippen molar-refractivity contribution in [3.05, 3.63) is 58.4 Å². The van der Waals surface area contributed by atoms with Crippen LogP contribution in [0.5, 0.6) is 5.75 Å². The van der Waals surface area contributed by atoms with Gasteiger partial charge in [0.1, 0.15) is 11.6 Å². The average molecular weight is 334 g/mol. The molecule has 0 saturated carbocycles. The Labute approximate surface area is 127 Å². The third kappa shape index (κ3) is 3.30. The summed E-state index contributed by atoms with van der Waals surface area (Å²) in [5.74, 6) is -2.73. The number of hydrogen-bond donors (Lipinski definition) is 2. The molecule has 2 aromatic rings. The van der Waals surface area contributed by atoms with Gasteiger partial charge in [-0.25, -0.2) is 4.39 Å². The van der Waals surface area contributed by atoms with Gasteiger partial charge in [0.2, 0.25) is 0 Å². The highest BCUT2D eigenvalue weighted by atomic mass is 35.5. The molecule has 0 saturated heterocycles. The number of phenolic OH excluding ortho intramolecular Hbond substituents is 1. The molecular weight excluding hydrogens is 326 g/mol. The first kappa shape index (κ1) is 16.1. The number of amides is 1. The lowest BCUT2D eigenvalue weighted by Gasteiger charge is -2.14. The maximum atomic E-state index is 13.1. The van der Waals surface area contributed by atoms with E-state index in [9.17, 15) is 27.5 Å². The summed E-state index contributed by atoms with van der Waals surface area (Å²) in [7, 11) is 0. The van der Waals surface area contributed by atoms with Crippen molar-refractivity contribution in [1.29, 1.82) is 0 Å². The Morgan fingerprint density at radius 2 is 1.82 bits per heavy atom. The van der Waals surface area contributed by atoms with Gasteiger partial charge >= 0.3 is 6.18 Å². The third-order valence-corrected chi connectivity index (χ3v) is 3.05.